The topological polar surface area (TPSA) is 80.3 Å². The zero-order chi connectivity index (χ0) is 13.3. The van der Waals surface area contributed by atoms with Gasteiger partial charge in [-0.3, -0.25) is 5.41 Å². The second-order valence-corrected chi connectivity index (χ2v) is 4.44. The second-order valence-electron chi connectivity index (χ2n) is 4.44. The number of methoxy groups -OCH3 is 1. The van der Waals surface area contributed by atoms with Gasteiger partial charge >= 0.3 is 0 Å². The summed E-state index contributed by atoms with van der Waals surface area (Å²) in [4.78, 5) is 1.81. The van der Waals surface area contributed by atoms with Gasteiger partial charge in [0.2, 0.25) is 0 Å². The molecule has 2 rings (SSSR count). The molecule has 0 spiro atoms. The van der Waals surface area contributed by atoms with Crippen molar-refractivity contribution < 1.29 is 9.84 Å². The lowest BCUT2D eigenvalue weighted by molar-refractivity contribution is 0.158. The largest absolute Gasteiger partial charge is 0.508 e. The zero-order valence-electron chi connectivity index (χ0n) is 10.4. The van der Waals surface area contributed by atoms with Gasteiger partial charge in [0.05, 0.1) is 17.7 Å². The van der Waals surface area contributed by atoms with Crippen LogP contribution in [0.3, 0.4) is 0 Å². The Hall–Kier alpha value is -2.06. The average molecular weight is 245 g/mol. The second kappa shape index (κ2) is 4.31. The minimum absolute atomic E-state index is 0.108. The first-order valence-corrected chi connectivity index (χ1v) is 5.65. The molecule has 2 aliphatic rings. The first-order chi connectivity index (χ1) is 8.54. The lowest BCUT2D eigenvalue weighted by Crippen LogP contribution is -2.46. The molecular weight excluding hydrogens is 230 g/mol. The van der Waals surface area contributed by atoms with Gasteiger partial charge in [-0.1, -0.05) is 6.08 Å². The molecule has 0 aromatic carbocycles. The predicted molar refractivity (Wildman–Crippen MR) is 67.2 cm³/mol. The number of nitriles is 1. The highest BCUT2D eigenvalue weighted by Crippen LogP contribution is 2.40. The van der Waals surface area contributed by atoms with Gasteiger partial charge in [0.15, 0.2) is 0 Å². The molecule has 2 N–H and O–H groups in total. The van der Waals surface area contributed by atoms with Gasteiger partial charge in [0, 0.05) is 19.2 Å². The number of amidine groups is 1. The van der Waals surface area contributed by atoms with Gasteiger partial charge < -0.3 is 14.7 Å². The van der Waals surface area contributed by atoms with Crippen LogP contribution >= 0.6 is 0 Å². The van der Waals surface area contributed by atoms with Crippen LogP contribution in [0.25, 0.3) is 0 Å². The Morgan fingerprint density at radius 3 is 2.94 bits per heavy atom. The molecule has 1 heterocycles. The molecule has 0 aromatic rings. The number of aliphatic hydroxyl groups is 1. The van der Waals surface area contributed by atoms with Gasteiger partial charge in [0.1, 0.15) is 17.7 Å². The number of nitrogens with one attached hydrogen (secondary N) is 1. The summed E-state index contributed by atoms with van der Waals surface area (Å²) in [5.74, 6) is 0.291. The molecule has 18 heavy (non-hydrogen) atoms. The summed E-state index contributed by atoms with van der Waals surface area (Å²) in [7, 11) is 1.60. The highest BCUT2D eigenvalue weighted by molar-refractivity contribution is 6.05. The van der Waals surface area contributed by atoms with E-state index in [9.17, 15) is 10.4 Å². The molecule has 1 aliphatic heterocycles. The van der Waals surface area contributed by atoms with Gasteiger partial charge in [-0.25, -0.2) is 0 Å². The third-order valence-electron chi connectivity index (χ3n) is 3.38. The van der Waals surface area contributed by atoms with Crippen molar-refractivity contribution in [1.29, 1.82) is 10.7 Å². The summed E-state index contributed by atoms with van der Waals surface area (Å²) < 4.78 is 5.04. The molecular formula is C13H15N3O2. The normalized spacial score (nSPS) is 26.2. The minimum atomic E-state index is -0.549. The zero-order valence-corrected chi connectivity index (χ0v) is 10.4. The van der Waals surface area contributed by atoms with Crippen LogP contribution in [0.1, 0.15) is 6.92 Å². The van der Waals surface area contributed by atoms with E-state index in [0.29, 0.717) is 24.3 Å². The van der Waals surface area contributed by atoms with Crippen LogP contribution < -0.4 is 0 Å². The number of aliphatic hydroxyl groups excluding tert-OH is 1. The number of hydrogen-bond donors (Lipinski definition) is 2. The summed E-state index contributed by atoms with van der Waals surface area (Å²) in [6, 6.07) is 2.05. The van der Waals surface area contributed by atoms with Crippen molar-refractivity contribution in [3.63, 3.8) is 0 Å². The standard InChI is InChI=1S/C13H15N3O2/c1-13-4-3-9(17)7-11(13)10(8-14)12(15)16(13)5-6-18-2/h3-4,7,15,17H,5-6H2,1-2H3. The Morgan fingerprint density at radius 1 is 1.61 bits per heavy atom. The lowest BCUT2D eigenvalue weighted by Gasteiger charge is -2.36. The van der Waals surface area contributed by atoms with Crippen molar-refractivity contribution in [3.05, 3.63) is 35.1 Å². The first kappa shape index (κ1) is 12.4. The number of rotatable bonds is 3. The van der Waals surface area contributed by atoms with E-state index in [-0.39, 0.29) is 11.6 Å². The van der Waals surface area contributed by atoms with Crippen LogP contribution in [-0.4, -0.2) is 41.6 Å². The van der Waals surface area contributed by atoms with Crippen LogP contribution in [0.5, 0.6) is 0 Å². The lowest BCUT2D eigenvalue weighted by atomic mass is 9.87. The molecule has 94 valence electrons. The van der Waals surface area contributed by atoms with Gasteiger partial charge in [-0.05, 0) is 19.1 Å². The Balaban J connectivity index is 2.46. The molecule has 1 unspecified atom stereocenters. The van der Waals surface area contributed by atoms with E-state index in [0.717, 1.165) is 0 Å². The number of nitrogens with zero attached hydrogens (tertiary/aromatic N) is 2. The van der Waals surface area contributed by atoms with Crippen LogP contribution in [-0.2, 0) is 4.74 Å². The van der Waals surface area contributed by atoms with Crippen molar-refractivity contribution in [2.75, 3.05) is 20.3 Å². The van der Waals surface area contributed by atoms with Crippen molar-refractivity contribution in [3.8, 4) is 6.07 Å². The highest BCUT2D eigenvalue weighted by Gasteiger charge is 2.45. The smallest absolute Gasteiger partial charge is 0.140 e. The van der Waals surface area contributed by atoms with Crippen molar-refractivity contribution in [2.24, 2.45) is 0 Å². The van der Waals surface area contributed by atoms with Crippen LogP contribution in [0, 0.1) is 16.7 Å². The SMILES string of the molecule is COCCN1C(=N)C(C#N)=C2C=C(O)C=CC21C. The van der Waals surface area contributed by atoms with Crippen molar-refractivity contribution >= 4 is 5.84 Å². The van der Waals surface area contributed by atoms with E-state index in [1.54, 1.807) is 19.3 Å². The molecule has 0 bridgehead atoms. The number of hydrogen-bond acceptors (Lipinski definition) is 4. The quantitative estimate of drug-likeness (QED) is 0.790. The van der Waals surface area contributed by atoms with Crippen molar-refractivity contribution in [2.45, 2.75) is 12.5 Å². The fourth-order valence-electron chi connectivity index (χ4n) is 2.37. The van der Waals surface area contributed by atoms with Crippen molar-refractivity contribution in [1.82, 2.24) is 4.90 Å². The molecule has 0 fully saturated rings. The Morgan fingerprint density at radius 2 is 2.33 bits per heavy atom. The molecule has 1 aliphatic carbocycles. The van der Waals surface area contributed by atoms with Gasteiger partial charge in [-0.15, -0.1) is 0 Å². The van der Waals surface area contributed by atoms with E-state index in [2.05, 4.69) is 0 Å². The summed E-state index contributed by atoms with van der Waals surface area (Å²) in [5.41, 5.74) is 0.433. The van der Waals surface area contributed by atoms with Crippen LogP contribution in [0.2, 0.25) is 0 Å². The highest BCUT2D eigenvalue weighted by atomic mass is 16.5. The average Bonchev–Trinajstić information content (AvgIpc) is 2.55. The molecule has 5 nitrogen and oxygen atoms in total. The Bertz CT molecular complexity index is 525. The molecule has 1 atom stereocenters. The van der Waals surface area contributed by atoms with Crippen LogP contribution in [0.15, 0.2) is 35.1 Å². The third-order valence-corrected chi connectivity index (χ3v) is 3.38. The predicted octanol–water partition coefficient (Wildman–Crippen LogP) is 1.52. The number of allylic oxidation sites excluding steroid dienone is 1. The van der Waals surface area contributed by atoms with Gasteiger partial charge in [0.25, 0.3) is 0 Å². The van der Waals surface area contributed by atoms with E-state index in [4.69, 9.17) is 10.1 Å². The maximum absolute atomic E-state index is 9.55. The number of fused-ring (bicyclic) bond motifs is 1. The maximum atomic E-state index is 9.55. The van der Waals surface area contributed by atoms with Crippen LogP contribution in [0.4, 0.5) is 0 Å². The Kier molecular flexibility index (Phi) is 2.97. The van der Waals surface area contributed by atoms with E-state index < -0.39 is 5.54 Å². The summed E-state index contributed by atoms with van der Waals surface area (Å²) in [5, 5.41) is 26.8. The van der Waals surface area contributed by atoms with Gasteiger partial charge in [-0.2, -0.15) is 5.26 Å². The fourth-order valence-corrected chi connectivity index (χ4v) is 2.37. The Labute approximate surface area is 106 Å². The monoisotopic (exact) mass is 245 g/mol. The molecule has 0 saturated carbocycles. The summed E-state index contributed by atoms with van der Waals surface area (Å²) >= 11 is 0. The van der Waals surface area contributed by atoms with E-state index in [1.165, 1.54) is 0 Å². The third kappa shape index (κ3) is 1.62. The summed E-state index contributed by atoms with van der Waals surface area (Å²) in [6.45, 7) is 2.93. The van der Waals surface area contributed by atoms with E-state index >= 15 is 0 Å². The minimum Gasteiger partial charge on any atom is -0.508 e. The molecule has 0 aromatic heterocycles. The molecule has 0 amide bonds. The summed E-state index contributed by atoms with van der Waals surface area (Å²) in [6.07, 6.45) is 4.96. The first-order valence-electron chi connectivity index (χ1n) is 5.65. The molecule has 5 heteroatoms. The van der Waals surface area contributed by atoms with E-state index in [1.807, 2.05) is 24.0 Å². The maximum Gasteiger partial charge on any atom is 0.140 e. The molecule has 0 radical (unpaired) electrons. The molecule has 0 saturated heterocycles. The number of ether oxygens (including phenoxy) is 1. The fraction of sp³-hybridized carbons (Fsp3) is 0.385.